The number of rotatable bonds is 2. The van der Waals surface area contributed by atoms with E-state index in [1.165, 1.54) is 0 Å². The Hall–Kier alpha value is 0.120. The van der Waals surface area contributed by atoms with E-state index in [9.17, 15) is 8.42 Å². The van der Waals surface area contributed by atoms with E-state index in [1.54, 1.807) is 0 Å². The highest BCUT2D eigenvalue weighted by atomic mass is 35.5. The van der Waals surface area contributed by atoms with E-state index < -0.39 is 10.0 Å². The minimum absolute atomic E-state index is 0. The number of nitrogens with one attached hydrogen (secondary N) is 1. The summed E-state index contributed by atoms with van der Waals surface area (Å²) in [5.74, 6) is -0.0972. The Labute approximate surface area is 78.1 Å². The molecule has 1 rings (SSSR count). The molecule has 1 fully saturated rings. The molecule has 1 aliphatic rings. The predicted molar refractivity (Wildman–Crippen MR) is 47.8 cm³/mol. The van der Waals surface area contributed by atoms with Gasteiger partial charge in [0.2, 0.25) is 10.0 Å². The van der Waals surface area contributed by atoms with Crippen molar-refractivity contribution in [3.05, 3.63) is 0 Å². The van der Waals surface area contributed by atoms with Crippen LogP contribution in [-0.2, 0) is 14.8 Å². The van der Waals surface area contributed by atoms with Crippen LogP contribution in [0.15, 0.2) is 0 Å². The van der Waals surface area contributed by atoms with E-state index in [0.717, 1.165) is 6.54 Å². The van der Waals surface area contributed by atoms with E-state index in [1.807, 2.05) is 0 Å². The Morgan fingerprint density at radius 1 is 1.58 bits per heavy atom. The lowest BCUT2D eigenvalue weighted by atomic mass is 10.3. The number of nitrogens with two attached hydrogens (primary N) is 1. The molecule has 0 bridgehead atoms. The molecule has 74 valence electrons. The fourth-order valence-electron chi connectivity index (χ4n) is 0.986. The average molecular weight is 217 g/mol. The van der Waals surface area contributed by atoms with Crippen LogP contribution in [0.25, 0.3) is 0 Å². The number of sulfonamides is 1. The molecule has 1 heterocycles. The van der Waals surface area contributed by atoms with Crippen LogP contribution in [0.5, 0.6) is 0 Å². The van der Waals surface area contributed by atoms with E-state index in [2.05, 4.69) is 5.32 Å². The molecule has 3 N–H and O–H groups in total. The fourth-order valence-corrected chi connectivity index (χ4v) is 1.72. The third-order valence-corrected chi connectivity index (χ3v) is 2.26. The lowest BCUT2D eigenvalue weighted by Gasteiger charge is -2.22. The van der Waals surface area contributed by atoms with Crippen molar-refractivity contribution in [2.24, 2.45) is 5.14 Å². The van der Waals surface area contributed by atoms with Crippen LogP contribution in [0.4, 0.5) is 0 Å². The third kappa shape index (κ3) is 4.89. The molecule has 0 saturated carbocycles. The summed E-state index contributed by atoms with van der Waals surface area (Å²) in [5, 5.41) is 7.84. The Bertz CT molecular complexity index is 213. The fraction of sp³-hybridized carbons (Fsp3) is 1.00. The van der Waals surface area contributed by atoms with Crippen LogP contribution in [0, 0.1) is 0 Å². The monoisotopic (exact) mass is 216 g/mol. The Balaban J connectivity index is 0.00000121. The normalized spacial score (nSPS) is 24.6. The van der Waals surface area contributed by atoms with Gasteiger partial charge in [-0.2, -0.15) is 0 Å². The van der Waals surface area contributed by atoms with Crippen LogP contribution < -0.4 is 10.5 Å². The molecule has 12 heavy (non-hydrogen) atoms. The number of halogens is 1. The van der Waals surface area contributed by atoms with Gasteiger partial charge in [0.15, 0.2) is 0 Å². The van der Waals surface area contributed by atoms with Gasteiger partial charge in [-0.15, -0.1) is 12.4 Å². The SMILES string of the molecule is Cl.NS(=O)(=O)C[C@@H]1CNCCO1. The van der Waals surface area contributed by atoms with Gasteiger partial charge in [-0.1, -0.05) is 0 Å². The van der Waals surface area contributed by atoms with Crippen molar-refractivity contribution in [2.45, 2.75) is 6.10 Å². The van der Waals surface area contributed by atoms with Gasteiger partial charge >= 0.3 is 0 Å². The molecule has 5 nitrogen and oxygen atoms in total. The van der Waals surface area contributed by atoms with Gasteiger partial charge < -0.3 is 10.1 Å². The molecule has 1 saturated heterocycles. The Morgan fingerprint density at radius 3 is 2.67 bits per heavy atom. The topological polar surface area (TPSA) is 81.4 Å². The van der Waals surface area contributed by atoms with Crippen LogP contribution in [0.3, 0.4) is 0 Å². The van der Waals surface area contributed by atoms with E-state index in [0.29, 0.717) is 13.2 Å². The molecule has 0 unspecified atom stereocenters. The van der Waals surface area contributed by atoms with Gasteiger partial charge in [0.25, 0.3) is 0 Å². The standard InChI is InChI=1S/C5H12N2O3S.ClH/c6-11(8,9)4-5-3-7-1-2-10-5;/h5,7H,1-4H2,(H2,6,8,9);1H/t5-;/m0./s1. The molecular formula is C5H13ClN2O3S. The molecule has 0 aromatic rings. The molecular weight excluding hydrogens is 204 g/mol. The van der Waals surface area contributed by atoms with Crippen LogP contribution >= 0.6 is 12.4 Å². The number of primary sulfonamides is 1. The highest BCUT2D eigenvalue weighted by Gasteiger charge is 2.18. The summed E-state index contributed by atoms with van der Waals surface area (Å²) < 4.78 is 26.3. The van der Waals surface area contributed by atoms with Crippen molar-refractivity contribution in [1.82, 2.24) is 5.32 Å². The van der Waals surface area contributed by atoms with Crippen LogP contribution in [0.1, 0.15) is 0 Å². The third-order valence-electron chi connectivity index (χ3n) is 1.42. The summed E-state index contributed by atoms with van der Waals surface area (Å²) in [5.41, 5.74) is 0. The van der Waals surface area contributed by atoms with Crippen molar-refractivity contribution in [2.75, 3.05) is 25.4 Å². The van der Waals surface area contributed by atoms with Crippen molar-refractivity contribution >= 4 is 22.4 Å². The first-order chi connectivity index (χ1) is 5.08. The number of hydrogen-bond donors (Lipinski definition) is 2. The smallest absolute Gasteiger partial charge is 0.211 e. The van der Waals surface area contributed by atoms with E-state index in [4.69, 9.17) is 9.88 Å². The van der Waals surface area contributed by atoms with Gasteiger partial charge in [-0.05, 0) is 0 Å². The largest absolute Gasteiger partial charge is 0.374 e. The zero-order valence-corrected chi connectivity index (χ0v) is 8.16. The minimum Gasteiger partial charge on any atom is -0.374 e. The highest BCUT2D eigenvalue weighted by molar-refractivity contribution is 7.89. The summed E-state index contributed by atoms with van der Waals surface area (Å²) in [4.78, 5) is 0. The molecule has 1 atom stereocenters. The zero-order valence-electron chi connectivity index (χ0n) is 6.52. The van der Waals surface area contributed by atoms with Crippen LogP contribution in [-0.4, -0.2) is 40.0 Å². The molecule has 7 heteroatoms. The number of morpholine rings is 1. The summed E-state index contributed by atoms with van der Waals surface area (Å²) in [6.45, 7) is 1.90. The Morgan fingerprint density at radius 2 is 2.25 bits per heavy atom. The summed E-state index contributed by atoms with van der Waals surface area (Å²) in [6.07, 6.45) is -0.279. The first-order valence-electron chi connectivity index (χ1n) is 3.41. The van der Waals surface area contributed by atoms with Gasteiger partial charge in [0.1, 0.15) is 0 Å². The second-order valence-corrected chi connectivity index (χ2v) is 4.19. The summed E-state index contributed by atoms with van der Waals surface area (Å²) >= 11 is 0. The van der Waals surface area contributed by atoms with Gasteiger partial charge in [-0.25, -0.2) is 13.6 Å². The average Bonchev–Trinajstić information content (AvgIpc) is 1.85. The van der Waals surface area contributed by atoms with Crippen molar-refractivity contribution in [1.29, 1.82) is 0 Å². The second-order valence-electron chi connectivity index (χ2n) is 2.53. The zero-order chi connectivity index (χ0) is 8.32. The maximum atomic E-state index is 10.6. The first kappa shape index (κ1) is 12.1. The van der Waals surface area contributed by atoms with Crippen molar-refractivity contribution in [3.8, 4) is 0 Å². The van der Waals surface area contributed by atoms with Crippen molar-refractivity contribution < 1.29 is 13.2 Å². The van der Waals surface area contributed by atoms with Gasteiger partial charge in [0.05, 0.1) is 18.5 Å². The van der Waals surface area contributed by atoms with Crippen molar-refractivity contribution in [3.63, 3.8) is 0 Å². The molecule has 1 aliphatic heterocycles. The Kier molecular flexibility index (Phi) is 5.03. The first-order valence-corrected chi connectivity index (χ1v) is 5.12. The quantitative estimate of drug-likeness (QED) is 0.600. The molecule has 0 radical (unpaired) electrons. The minimum atomic E-state index is -3.39. The molecule has 0 spiro atoms. The second kappa shape index (κ2) is 4.98. The van der Waals surface area contributed by atoms with E-state index >= 15 is 0 Å². The summed E-state index contributed by atoms with van der Waals surface area (Å²) in [6, 6.07) is 0. The molecule has 0 aliphatic carbocycles. The lowest BCUT2D eigenvalue weighted by molar-refractivity contribution is 0.0430. The highest BCUT2D eigenvalue weighted by Crippen LogP contribution is 1.97. The number of hydrogen-bond acceptors (Lipinski definition) is 4. The molecule has 0 amide bonds. The predicted octanol–water partition coefficient (Wildman–Crippen LogP) is -1.31. The molecule has 0 aromatic carbocycles. The van der Waals surface area contributed by atoms with Gasteiger partial charge in [0, 0.05) is 13.1 Å². The maximum Gasteiger partial charge on any atom is 0.211 e. The summed E-state index contributed by atoms with van der Waals surface area (Å²) in [7, 11) is -3.39. The lowest BCUT2D eigenvalue weighted by Crippen LogP contribution is -2.43. The van der Waals surface area contributed by atoms with E-state index in [-0.39, 0.29) is 24.3 Å². The van der Waals surface area contributed by atoms with Gasteiger partial charge in [-0.3, -0.25) is 0 Å². The van der Waals surface area contributed by atoms with Crippen LogP contribution in [0.2, 0.25) is 0 Å². The molecule has 0 aromatic heterocycles. The maximum absolute atomic E-state index is 10.6. The number of ether oxygens (including phenoxy) is 1.